The molecule has 8 rings (SSSR count). The number of methoxy groups -OCH3 is 4. The molecule has 0 aliphatic rings. The first-order valence-corrected chi connectivity index (χ1v) is 24.5. The summed E-state index contributed by atoms with van der Waals surface area (Å²) in [6, 6.07) is 31.3. The predicted molar refractivity (Wildman–Crippen MR) is 283 cm³/mol. The Kier molecular flexibility index (Phi) is 17.2. The Morgan fingerprint density at radius 1 is 0.697 bits per heavy atom. The van der Waals surface area contributed by atoms with Crippen LogP contribution in [0.4, 0.5) is 33.6 Å². The molecule has 2 N–H and O–H groups in total. The van der Waals surface area contributed by atoms with Gasteiger partial charge in [-0.2, -0.15) is 13.2 Å². The smallest absolute Gasteiger partial charge is 0.418 e. The van der Waals surface area contributed by atoms with Crippen LogP contribution in [0.15, 0.2) is 120 Å². The fourth-order valence-corrected chi connectivity index (χ4v) is 9.24. The summed E-state index contributed by atoms with van der Waals surface area (Å²) in [6.45, 7) is 3.77. The number of hydrogen-bond donors (Lipinski definition) is 2. The van der Waals surface area contributed by atoms with E-state index < -0.39 is 73.2 Å². The third-order valence-electron chi connectivity index (χ3n) is 12.6. The first-order valence-electron chi connectivity index (χ1n) is 23.7. The Hall–Kier alpha value is -7.67. The van der Waals surface area contributed by atoms with Gasteiger partial charge in [0.15, 0.2) is 11.6 Å². The number of halogens is 7. The Bertz CT molecular complexity index is 3270. The normalized spacial score (nSPS) is 11.9. The Morgan fingerprint density at radius 3 is 1.63 bits per heavy atom. The van der Waals surface area contributed by atoms with Crippen molar-refractivity contribution in [3.8, 4) is 40.0 Å². The molecule has 5 aromatic carbocycles. The molecule has 0 saturated carbocycles. The fraction of sp³-hybridized carbons (Fsp3) is 0.250. The van der Waals surface area contributed by atoms with E-state index in [2.05, 4.69) is 25.3 Å². The predicted octanol–water partition coefficient (Wildman–Crippen LogP) is 12.5. The number of nitrogens with one attached hydrogen (secondary N) is 2. The molecular weight excluding hydrogens is 1030 g/mol. The van der Waals surface area contributed by atoms with Gasteiger partial charge < -0.3 is 38.8 Å². The van der Waals surface area contributed by atoms with E-state index in [4.69, 9.17) is 46.9 Å². The Balaban J connectivity index is 1.15. The van der Waals surface area contributed by atoms with Gasteiger partial charge in [0.05, 0.1) is 56.5 Å². The SMILES string of the molecule is COc1ccc(CN(Cc2ccc(OC)cc2)c2cc(C)c(C(F)(F)F)c(-c3c(Cl)c(OCCNC(C)c4cc(F)cnc4N(Cc4ccc(OC)cc4)Cc4ccc(OC)cc4)c4c(=O)[nH]c(Cl)nc4c3F)n2)cc1. The van der Waals surface area contributed by atoms with Gasteiger partial charge in [-0.05, 0) is 114 Å². The molecule has 0 bridgehead atoms. The van der Waals surface area contributed by atoms with E-state index >= 15 is 22.0 Å². The number of benzene rings is 5. The highest BCUT2D eigenvalue weighted by Crippen LogP contribution is 2.47. The number of alkyl halides is 3. The van der Waals surface area contributed by atoms with Crippen LogP contribution in [0.25, 0.3) is 22.2 Å². The molecule has 396 valence electrons. The molecule has 0 spiro atoms. The van der Waals surface area contributed by atoms with Gasteiger partial charge in [-0.25, -0.2) is 23.7 Å². The number of aryl methyl sites for hydroxylation is 1. The molecule has 0 aliphatic heterocycles. The van der Waals surface area contributed by atoms with Crippen LogP contribution < -0.4 is 44.4 Å². The molecule has 0 fully saturated rings. The number of fused-ring (bicyclic) bond motifs is 1. The van der Waals surface area contributed by atoms with Crippen molar-refractivity contribution in [3.63, 3.8) is 0 Å². The van der Waals surface area contributed by atoms with Crippen LogP contribution in [0.3, 0.4) is 0 Å². The maximum Gasteiger partial charge on any atom is 0.418 e. The fourth-order valence-electron chi connectivity index (χ4n) is 8.75. The van der Waals surface area contributed by atoms with Crippen molar-refractivity contribution in [1.29, 1.82) is 0 Å². The molecule has 1 atom stereocenters. The zero-order valence-electron chi connectivity index (χ0n) is 42.1. The van der Waals surface area contributed by atoms with Crippen LogP contribution in [-0.4, -0.2) is 61.5 Å². The average molecular weight is 1080 g/mol. The zero-order valence-corrected chi connectivity index (χ0v) is 43.6. The minimum atomic E-state index is -5.09. The van der Waals surface area contributed by atoms with Gasteiger partial charge in [0.25, 0.3) is 5.56 Å². The molecule has 1 unspecified atom stereocenters. The number of anilines is 2. The number of ether oxygens (including phenoxy) is 5. The number of H-pyrrole nitrogens is 1. The largest absolute Gasteiger partial charge is 0.497 e. The number of pyridine rings is 2. The third-order valence-corrected chi connectivity index (χ3v) is 13.1. The summed E-state index contributed by atoms with van der Waals surface area (Å²) in [7, 11) is 6.22. The maximum absolute atomic E-state index is 17.3. The molecule has 20 heteroatoms. The van der Waals surface area contributed by atoms with Crippen molar-refractivity contribution in [3.05, 3.63) is 187 Å². The number of nitrogens with zero attached hydrogens (tertiary/aromatic N) is 5. The van der Waals surface area contributed by atoms with Crippen LogP contribution in [0.5, 0.6) is 28.7 Å². The van der Waals surface area contributed by atoms with E-state index in [1.54, 1.807) is 74.6 Å². The van der Waals surface area contributed by atoms with Gasteiger partial charge in [-0.15, -0.1) is 0 Å². The lowest BCUT2D eigenvalue weighted by Gasteiger charge is -2.28. The summed E-state index contributed by atoms with van der Waals surface area (Å²) in [5, 5.41) is 1.57. The maximum atomic E-state index is 17.3. The first kappa shape index (κ1) is 54.6. The van der Waals surface area contributed by atoms with Crippen molar-refractivity contribution < 1.29 is 45.6 Å². The molecule has 0 aliphatic carbocycles. The van der Waals surface area contributed by atoms with E-state index in [0.29, 0.717) is 47.5 Å². The van der Waals surface area contributed by atoms with Gasteiger partial charge >= 0.3 is 6.18 Å². The molecule has 3 aromatic heterocycles. The summed E-state index contributed by atoms with van der Waals surface area (Å²) >= 11 is 13.2. The number of rotatable bonds is 21. The molecule has 0 radical (unpaired) electrons. The van der Waals surface area contributed by atoms with Crippen molar-refractivity contribution in [2.75, 3.05) is 51.4 Å². The summed E-state index contributed by atoms with van der Waals surface area (Å²) in [5.41, 5.74) is -1.12. The number of hydrogen-bond acceptors (Lipinski definition) is 12. The van der Waals surface area contributed by atoms with Gasteiger partial charge in [0, 0.05) is 44.3 Å². The van der Waals surface area contributed by atoms with Crippen molar-refractivity contribution in [2.45, 2.75) is 52.2 Å². The zero-order chi connectivity index (χ0) is 54.3. The standard InChI is InChI=1S/C56H52Cl2F5N7O6/c1-32-25-44(69(28-34-7-15-39(72-3)16-8-34)29-35-9-17-40(73-4)18-10-35)66-50(47(32)56(61,62)63)45-48(57)52(46-51(49(45)60)67-55(58)68-54(46)71)76-24-23-64-33(2)43-26-38(59)27-65-53(43)70(30-36-11-19-41(74-5)20-12-36)31-37-13-21-42(75-6)22-14-37/h7-22,25-27,33,64H,23-24,28-31H2,1-6H3,(H,67,68,71). The van der Waals surface area contributed by atoms with Crippen molar-refractivity contribution in [1.82, 2.24) is 25.3 Å². The van der Waals surface area contributed by atoms with E-state index in [1.807, 2.05) is 53.4 Å². The molecular formula is C56H52Cl2F5N7O6. The molecule has 76 heavy (non-hydrogen) atoms. The van der Waals surface area contributed by atoms with E-state index in [1.165, 1.54) is 33.3 Å². The lowest BCUT2D eigenvalue weighted by molar-refractivity contribution is -0.137. The molecule has 3 heterocycles. The number of aromatic nitrogens is 4. The third kappa shape index (κ3) is 12.5. The second-order valence-electron chi connectivity index (χ2n) is 17.6. The van der Waals surface area contributed by atoms with Gasteiger partial charge in [0.2, 0.25) is 5.28 Å². The van der Waals surface area contributed by atoms with Crippen LogP contribution in [0, 0.1) is 18.6 Å². The van der Waals surface area contributed by atoms with Gasteiger partial charge in [-0.3, -0.25) is 9.78 Å². The first-order chi connectivity index (χ1) is 36.5. The Labute approximate surface area is 445 Å². The minimum Gasteiger partial charge on any atom is -0.497 e. The lowest BCUT2D eigenvalue weighted by Crippen LogP contribution is -2.29. The summed E-state index contributed by atoms with van der Waals surface area (Å²) in [4.78, 5) is 32.8. The van der Waals surface area contributed by atoms with Crippen LogP contribution in [-0.2, 0) is 32.4 Å². The summed E-state index contributed by atoms with van der Waals surface area (Å²) in [6.07, 6.45) is -3.95. The van der Waals surface area contributed by atoms with Crippen LogP contribution in [0.1, 0.15) is 51.9 Å². The highest BCUT2D eigenvalue weighted by molar-refractivity contribution is 6.36. The van der Waals surface area contributed by atoms with E-state index in [-0.39, 0.29) is 37.6 Å². The van der Waals surface area contributed by atoms with Gasteiger partial charge in [-0.1, -0.05) is 60.1 Å². The summed E-state index contributed by atoms with van der Waals surface area (Å²) < 4.78 is 106. The monoisotopic (exact) mass is 1080 g/mol. The topological polar surface area (TPSA) is 136 Å². The second kappa shape index (κ2) is 23.9. The molecule has 8 aromatic rings. The Morgan fingerprint density at radius 2 is 1.17 bits per heavy atom. The average Bonchev–Trinajstić information content (AvgIpc) is 3.51. The quantitative estimate of drug-likeness (QED) is 0.0403. The molecule has 0 amide bonds. The second-order valence-corrected chi connectivity index (χ2v) is 18.4. The van der Waals surface area contributed by atoms with Crippen molar-refractivity contribution >= 4 is 45.7 Å². The molecule has 0 saturated heterocycles. The highest BCUT2D eigenvalue weighted by atomic mass is 35.5. The number of aromatic amines is 1. The van der Waals surface area contributed by atoms with Crippen LogP contribution >= 0.6 is 23.2 Å². The highest BCUT2D eigenvalue weighted by Gasteiger charge is 2.40. The summed E-state index contributed by atoms with van der Waals surface area (Å²) in [5.74, 6) is 0.604. The van der Waals surface area contributed by atoms with E-state index in [9.17, 15) is 4.79 Å². The van der Waals surface area contributed by atoms with E-state index in [0.717, 1.165) is 28.5 Å². The van der Waals surface area contributed by atoms with Crippen molar-refractivity contribution in [2.24, 2.45) is 0 Å². The minimum absolute atomic E-state index is 0.0101. The van der Waals surface area contributed by atoms with Gasteiger partial charge in [0.1, 0.15) is 58.0 Å². The molecule has 13 nitrogen and oxygen atoms in total. The lowest BCUT2D eigenvalue weighted by atomic mass is 9.98. The van der Waals surface area contributed by atoms with Crippen LogP contribution in [0.2, 0.25) is 10.3 Å².